The largest absolute Gasteiger partial charge is 0.383 e. The minimum atomic E-state index is -0.523. The van der Waals surface area contributed by atoms with E-state index in [2.05, 4.69) is 21.1 Å². The standard InChI is InChI=1S/C16H16N6/c1-16(2,9-17)11-6-4-10(5-7-11)14-20-13(18)12-8-19-22(3)15(12)21-14/h4-8H,1-3H3,(H2,18,20,21). The quantitative estimate of drug-likeness (QED) is 0.782. The van der Waals surface area contributed by atoms with Crippen molar-refractivity contribution in [2.75, 3.05) is 5.73 Å². The Hall–Kier alpha value is -2.94. The predicted molar refractivity (Wildman–Crippen MR) is 84.8 cm³/mol. The fourth-order valence-electron chi connectivity index (χ4n) is 2.27. The highest BCUT2D eigenvalue weighted by atomic mass is 15.3. The normalized spacial score (nSPS) is 11.5. The Labute approximate surface area is 128 Å². The van der Waals surface area contributed by atoms with Gasteiger partial charge in [0.05, 0.1) is 23.1 Å². The molecule has 2 aromatic heterocycles. The number of aromatic nitrogens is 4. The average Bonchev–Trinajstić information content (AvgIpc) is 2.89. The fraction of sp³-hybridized carbons (Fsp3) is 0.250. The second kappa shape index (κ2) is 4.81. The van der Waals surface area contributed by atoms with Gasteiger partial charge in [-0.3, -0.25) is 4.68 Å². The molecule has 2 heterocycles. The van der Waals surface area contributed by atoms with Crippen molar-refractivity contribution in [3.05, 3.63) is 36.0 Å². The van der Waals surface area contributed by atoms with Crippen LogP contribution in [0.5, 0.6) is 0 Å². The van der Waals surface area contributed by atoms with Crippen molar-refractivity contribution in [1.29, 1.82) is 5.26 Å². The van der Waals surface area contributed by atoms with E-state index in [9.17, 15) is 5.26 Å². The summed E-state index contributed by atoms with van der Waals surface area (Å²) in [5, 5.41) is 14.1. The number of hydrogen-bond donors (Lipinski definition) is 1. The lowest BCUT2D eigenvalue weighted by Crippen LogP contribution is -2.13. The van der Waals surface area contributed by atoms with E-state index < -0.39 is 5.41 Å². The summed E-state index contributed by atoms with van der Waals surface area (Å²) in [7, 11) is 1.82. The summed E-state index contributed by atoms with van der Waals surface area (Å²) >= 11 is 0. The number of nitriles is 1. The third-order valence-electron chi connectivity index (χ3n) is 3.77. The van der Waals surface area contributed by atoms with Crippen molar-refractivity contribution < 1.29 is 0 Å². The van der Waals surface area contributed by atoms with Crippen LogP contribution in [0.3, 0.4) is 0 Å². The smallest absolute Gasteiger partial charge is 0.163 e. The molecule has 0 radical (unpaired) electrons. The molecule has 0 unspecified atom stereocenters. The Bertz CT molecular complexity index is 883. The first kappa shape index (κ1) is 14.0. The summed E-state index contributed by atoms with van der Waals surface area (Å²) < 4.78 is 1.67. The molecular weight excluding hydrogens is 276 g/mol. The first-order valence-electron chi connectivity index (χ1n) is 6.90. The molecule has 0 bridgehead atoms. The molecule has 0 saturated heterocycles. The van der Waals surface area contributed by atoms with Crippen LogP contribution in [0, 0.1) is 11.3 Å². The van der Waals surface area contributed by atoms with Gasteiger partial charge in [0.25, 0.3) is 0 Å². The number of nitrogen functional groups attached to an aromatic ring is 1. The highest BCUT2D eigenvalue weighted by Crippen LogP contribution is 2.26. The zero-order valence-electron chi connectivity index (χ0n) is 12.7. The molecule has 0 aliphatic heterocycles. The molecular formula is C16H16N6. The van der Waals surface area contributed by atoms with Crippen molar-refractivity contribution in [3.8, 4) is 17.5 Å². The molecule has 2 N–H and O–H groups in total. The van der Waals surface area contributed by atoms with E-state index in [1.165, 1.54) is 0 Å². The summed E-state index contributed by atoms with van der Waals surface area (Å²) in [6.45, 7) is 3.77. The van der Waals surface area contributed by atoms with Gasteiger partial charge >= 0.3 is 0 Å². The van der Waals surface area contributed by atoms with Gasteiger partial charge in [0, 0.05) is 12.6 Å². The number of aryl methyl sites for hydroxylation is 1. The zero-order valence-corrected chi connectivity index (χ0v) is 12.7. The van der Waals surface area contributed by atoms with E-state index in [-0.39, 0.29) is 0 Å². The molecule has 0 atom stereocenters. The Morgan fingerprint density at radius 1 is 1.18 bits per heavy atom. The SMILES string of the molecule is Cn1ncc2c(N)nc(-c3ccc(C(C)(C)C#N)cc3)nc21. The van der Waals surface area contributed by atoms with Gasteiger partial charge < -0.3 is 5.73 Å². The summed E-state index contributed by atoms with van der Waals surface area (Å²) in [6.07, 6.45) is 1.66. The number of benzene rings is 1. The van der Waals surface area contributed by atoms with Gasteiger partial charge in [0.2, 0.25) is 0 Å². The minimum absolute atomic E-state index is 0.412. The van der Waals surface area contributed by atoms with Crippen LogP contribution < -0.4 is 5.73 Å². The molecule has 0 saturated carbocycles. The van der Waals surface area contributed by atoms with Crippen molar-refractivity contribution in [2.24, 2.45) is 7.05 Å². The number of rotatable bonds is 2. The maximum atomic E-state index is 9.19. The first-order valence-corrected chi connectivity index (χ1v) is 6.90. The molecule has 6 heteroatoms. The topological polar surface area (TPSA) is 93.4 Å². The number of fused-ring (bicyclic) bond motifs is 1. The molecule has 3 rings (SSSR count). The van der Waals surface area contributed by atoms with E-state index in [4.69, 9.17) is 5.73 Å². The second-order valence-electron chi connectivity index (χ2n) is 5.75. The summed E-state index contributed by atoms with van der Waals surface area (Å²) in [5.74, 6) is 0.962. The molecule has 0 aliphatic rings. The van der Waals surface area contributed by atoms with Crippen LogP contribution >= 0.6 is 0 Å². The zero-order chi connectivity index (χ0) is 15.9. The third-order valence-corrected chi connectivity index (χ3v) is 3.77. The highest BCUT2D eigenvalue weighted by molar-refractivity contribution is 5.86. The molecule has 0 fully saturated rings. The summed E-state index contributed by atoms with van der Waals surface area (Å²) in [4.78, 5) is 8.87. The first-order chi connectivity index (χ1) is 10.4. The van der Waals surface area contributed by atoms with Crippen molar-refractivity contribution in [2.45, 2.75) is 19.3 Å². The van der Waals surface area contributed by atoms with Crippen LogP contribution in [0.15, 0.2) is 30.5 Å². The monoisotopic (exact) mass is 292 g/mol. The molecule has 0 spiro atoms. The van der Waals surface area contributed by atoms with E-state index in [1.54, 1.807) is 10.9 Å². The number of nitrogens with two attached hydrogens (primary N) is 1. The maximum Gasteiger partial charge on any atom is 0.163 e. The van der Waals surface area contributed by atoms with Crippen LogP contribution in [-0.4, -0.2) is 19.7 Å². The second-order valence-corrected chi connectivity index (χ2v) is 5.75. The van der Waals surface area contributed by atoms with Gasteiger partial charge in [0.1, 0.15) is 5.82 Å². The summed E-state index contributed by atoms with van der Waals surface area (Å²) in [5.41, 5.74) is 7.96. The van der Waals surface area contributed by atoms with Gasteiger partial charge in [-0.05, 0) is 19.4 Å². The molecule has 0 aliphatic carbocycles. The summed E-state index contributed by atoms with van der Waals surface area (Å²) in [6, 6.07) is 9.95. The van der Waals surface area contributed by atoms with E-state index in [0.29, 0.717) is 17.3 Å². The Kier molecular flexibility index (Phi) is 3.06. The number of anilines is 1. The highest BCUT2D eigenvalue weighted by Gasteiger charge is 2.19. The number of hydrogen-bond acceptors (Lipinski definition) is 5. The van der Waals surface area contributed by atoms with Crippen molar-refractivity contribution >= 4 is 16.9 Å². The molecule has 3 aromatic rings. The Balaban J connectivity index is 2.08. The van der Waals surface area contributed by atoms with Gasteiger partial charge in [-0.2, -0.15) is 10.4 Å². The van der Waals surface area contributed by atoms with E-state index in [0.717, 1.165) is 16.5 Å². The van der Waals surface area contributed by atoms with Gasteiger partial charge in [-0.1, -0.05) is 24.3 Å². The molecule has 0 amide bonds. The third kappa shape index (κ3) is 2.17. The van der Waals surface area contributed by atoms with Gasteiger partial charge in [-0.15, -0.1) is 0 Å². The van der Waals surface area contributed by atoms with Crippen LogP contribution in [0.4, 0.5) is 5.82 Å². The average molecular weight is 292 g/mol. The fourth-order valence-corrected chi connectivity index (χ4v) is 2.27. The number of nitrogens with zero attached hydrogens (tertiary/aromatic N) is 5. The molecule has 1 aromatic carbocycles. The van der Waals surface area contributed by atoms with Crippen LogP contribution in [0.25, 0.3) is 22.4 Å². The van der Waals surface area contributed by atoms with E-state index >= 15 is 0 Å². The lowest BCUT2D eigenvalue weighted by molar-refractivity contribution is 0.687. The van der Waals surface area contributed by atoms with Crippen LogP contribution in [0.1, 0.15) is 19.4 Å². The van der Waals surface area contributed by atoms with Crippen molar-refractivity contribution in [1.82, 2.24) is 19.7 Å². The Morgan fingerprint density at radius 3 is 2.50 bits per heavy atom. The van der Waals surface area contributed by atoms with Crippen LogP contribution in [-0.2, 0) is 12.5 Å². The Morgan fingerprint density at radius 2 is 1.86 bits per heavy atom. The van der Waals surface area contributed by atoms with Gasteiger partial charge in [0.15, 0.2) is 11.5 Å². The van der Waals surface area contributed by atoms with Crippen LogP contribution in [0.2, 0.25) is 0 Å². The molecule has 110 valence electrons. The lowest BCUT2D eigenvalue weighted by atomic mass is 9.86. The molecule has 6 nitrogen and oxygen atoms in total. The molecule has 22 heavy (non-hydrogen) atoms. The lowest BCUT2D eigenvalue weighted by Gasteiger charge is -2.15. The van der Waals surface area contributed by atoms with Gasteiger partial charge in [-0.25, -0.2) is 9.97 Å². The minimum Gasteiger partial charge on any atom is -0.383 e. The van der Waals surface area contributed by atoms with Crippen molar-refractivity contribution in [3.63, 3.8) is 0 Å². The predicted octanol–water partition coefficient (Wildman–Crippen LogP) is 2.41. The maximum absolute atomic E-state index is 9.19. The van der Waals surface area contributed by atoms with E-state index in [1.807, 2.05) is 45.2 Å².